The van der Waals surface area contributed by atoms with E-state index in [2.05, 4.69) is 5.32 Å². The fraction of sp³-hybridized carbons (Fsp3) is 0.0714. The lowest BCUT2D eigenvalue weighted by Gasteiger charge is -2.08. The van der Waals surface area contributed by atoms with E-state index in [1.807, 2.05) is 6.92 Å². The SMILES string of the molecule is Cc1cc(N)ccc1C(=O)Nc1ccc(F)cc1. The van der Waals surface area contributed by atoms with Crippen LogP contribution < -0.4 is 11.1 Å². The van der Waals surface area contributed by atoms with Crippen LogP contribution in [0, 0.1) is 12.7 Å². The van der Waals surface area contributed by atoms with Crippen LogP contribution in [0.3, 0.4) is 0 Å². The van der Waals surface area contributed by atoms with Crippen LogP contribution in [0.5, 0.6) is 0 Å². The smallest absolute Gasteiger partial charge is 0.255 e. The lowest BCUT2D eigenvalue weighted by Crippen LogP contribution is -2.13. The van der Waals surface area contributed by atoms with Crippen LogP contribution >= 0.6 is 0 Å². The van der Waals surface area contributed by atoms with Crippen LogP contribution in [-0.4, -0.2) is 5.91 Å². The minimum Gasteiger partial charge on any atom is -0.399 e. The molecule has 3 nitrogen and oxygen atoms in total. The summed E-state index contributed by atoms with van der Waals surface area (Å²) >= 11 is 0. The molecule has 0 fully saturated rings. The summed E-state index contributed by atoms with van der Waals surface area (Å²) in [4.78, 5) is 12.0. The maximum atomic E-state index is 12.7. The number of benzene rings is 2. The van der Waals surface area contributed by atoms with Gasteiger partial charge in [-0.25, -0.2) is 4.39 Å². The Bertz CT molecular complexity index is 579. The molecule has 2 rings (SSSR count). The van der Waals surface area contributed by atoms with Gasteiger partial charge in [-0.05, 0) is 55.0 Å². The van der Waals surface area contributed by atoms with E-state index in [0.29, 0.717) is 16.9 Å². The zero-order valence-electron chi connectivity index (χ0n) is 9.91. The van der Waals surface area contributed by atoms with Crippen molar-refractivity contribution in [3.63, 3.8) is 0 Å². The molecule has 4 heteroatoms. The molecule has 3 N–H and O–H groups in total. The number of nitrogen functional groups attached to an aromatic ring is 1. The van der Waals surface area contributed by atoms with Gasteiger partial charge in [0.05, 0.1) is 0 Å². The zero-order chi connectivity index (χ0) is 13.1. The summed E-state index contributed by atoms with van der Waals surface area (Å²) in [5, 5.41) is 2.70. The van der Waals surface area contributed by atoms with Gasteiger partial charge in [0.1, 0.15) is 5.82 Å². The van der Waals surface area contributed by atoms with Gasteiger partial charge in [-0.3, -0.25) is 4.79 Å². The Morgan fingerprint density at radius 1 is 1.17 bits per heavy atom. The minimum absolute atomic E-state index is 0.237. The second-order valence-electron chi connectivity index (χ2n) is 4.04. The molecule has 0 radical (unpaired) electrons. The third-order valence-electron chi connectivity index (χ3n) is 2.60. The van der Waals surface area contributed by atoms with Crippen molar-refractivity contribution in [3.8, 4) is 0 Å². The van der Waals surface area contributed by atoms with Crippen LogP contribution in [0.25, 0.3) is 0 Å². The third-order valence-corrected chi connectivity index (χ3v) is 2.60. The van der Waals surface area contributed by atoms with Crippen LogP contribution in [0.2, 0.25) is 0 Å². The molecule has 0 aliphatic heterocycles. The molecule has 0 heterocycles. The first kappa shape index (κ1) is 12.1. The Balaban J connectivity index is 2.19. The highest BCUT2D eigenvalue weighted by Gasteiger charge is 2.09. The number of anilines is 2. The van der Waals surface area contributed by atoms with Crippen molar-refractivity contribution in [1.29, 1.82) is 0 Å². The molecule has 18 heavy (non-hydrogen) atoms. The molecule has 0 saturated carbocycles. The van der Waals surface area contributed by atoms with Crippen molar-refractivity contribution in [1.82, 2.24) is 0 Å². The van der Waals surface area contributed by atoms with E-state index >= 15 is 0 Å². The van der Waals surface area contributed by atoms with Gasteiger partial charge in [-0.15, -0.1) is 0 Å². The molecule has 0 bridgehead atoms. The van der Waals surface area contributed by atoms with Gasteiger partial charge in [0.15, 0.2) is 0 Å². The molecule has 2 aromatic carbocycles. The number of carbonyl (C=O) groups excluding carboxylic acids is 1. The highest BCUT2D eigenvalue weighted by molar-refractivity contribution is 6.05. The van der Waals surface area contributed by atoms with E-state index in [4.69, 9.17) is 5.73 Å². The predicted octanol–water partition coefficient (Wildman–Crippen LogP) is 2.97. The predicted molar refractivity (Wildman–Crippen MR) is 69.9 cm³/mol. The van der Waals surface area contributed by atoms with Gasteiger partial charge in [0.25, 0.3) is 5.91 Å². The summed E-state index contributed by atoms with van der Waals surface area (Å²) in [5.74, 6) is -0.573. The Hall–Kier alpha value is -2.36. The first-order valence-electron chi connectivity index (χ1n) is 5.49. The van der Waals surface area contributed by atoms with E-state index in [9.17, 15) is 9.18 Å². The molecular weight excluding hydrogens is 231 g/mol. The summed E-state index contributed by atoms with van der Waals surface area (Å²) in [5.41, 5.74) is 8.14. The molecule has 0 spiro atoms. The normalized spacial score (nSPS) is 10.1. The van der Waals surface area contributed by atoms with Gasteiger partial charge in [-0.1, -0.05) is 0 Å². The average molecular weight is 244 g/mol. The van der Waals surface area contributed by atoms with Crippen LogP contribution in [-0.2, 0) is 0 Å². The zero-order valence-corrected chi connectivity index (χ0v) is 9.91. The molecule has 0 aromatic heterocycles. The van der Waals surface area contributed by atoms with Crippen molar-refractivity contribution < 1.29 is 9.18 Å². The number of amides is 1. The van der Waals surface area contributed by atoms with Crippen LogP contribution in [0.4, 0.5) is 15.8 Å². The number of hydrogen-bond donors (Lipinski definition) is 2. The fourth-order valence-corrected chi connectivity index (χ4v) is 1.67. The molecule has 0 atom stereocenters. The Kier molecular flexibility index (Phi) is 3.28. The number of nitrogens with one attached hydrogen (secondary N) is 1. The lowest BCUT2D eigenvalue weighted by atomic mass is 10.1. The number of halogens is 1. The molecule has 0 saturated heterocycles. The summed E-state index contributed by atoms with van der Waals surface area (Å²) in [7, 11) is 0. The second-order valence-corrected chi connectivity index (χ2v) is 4.04. The summed E-state index contributed by atoms with van der Waals surface area (Å²) in [6, 6.07) is 10.7. The van der Waals surface area contributed by atoms with Crippen LogP contribution in [0.1, 0.15) is 15.9 Å². The standard InChI is InChI=1S/C14H13FN2O/c1-9-8-11(16)4-7-13(9)14(18)17-12-5-2-10(15)3-6-12/h2-8H,16H2,1H3,(H,17,18). The quantitative estimate of drug-likeness (QED) is 0.798. The van der Waals surface area contributed by atoms with Crippen LogP contribution in [0.15, 0.2) is 42.5 Å². The monoisotopic (exact) mass is 244 g/mol. The van der Waals surface area contributed by atoms with Gasteiger partial charge >= 0.3 is 0 Å². The lowest BCUT2D eigenvalue weighted by molar-refractivity contribution is 0.102. The fourth-order valence-electron chi connectivity index (χ4n) is 1.67. The maximum absolute atomic E-state index is 12.7. The molecule has 92 valence electrons. The van der Waals surface area contributed by atoms with E-state index in [1.54, 1.807) is 18.2 Å². The van der Waals surface area contributed by atoms with Crippen molar-refractivity contribution in [2.45, 2.75) is 6.92 Å². The molecule has 0 unspecified atom stereocenters. The number of carbonyl (C=O) groups is 1. The van der Waals surface area contributed by atoms with Gasteiger partial charge in [-0.2, -0.15) is 0 Å². The van der Waals surface area contributed by atoms with Crippen molar-refractivity contribution in [2.75, 3.05) is 11.1 Å². The van der Waals surface area contributed by atoms with Gasteiger partial charge < -0.3 is 11.1 Å². The average Bonchev–Trinajstić information content (AvgIpc) is 2.32. The largest absolute Gasteiger partial charge is 0.399 e. The van der Waals surface area contributed by atoms with Crippen molar-refractivity contribution in [3.05, 3.63) is 59.4 Å². The molecule has 0 aliphatic rings. The first-order chi connectivity index (χ1) is 8.56. The third kappa shape index (κ3) is 2.66. The van der Waals surface area contributed by atoms with Gasteiger partial charge in [0, 0.05) is 16.9 Å². The summed E-state index contributed by atoms with van der Waals surface area (Å²) in [6.45, 7) is 1.82. The molecule has 1 amide bonds. The number of rotatable bonds is 2. The maximum Gasteiger partial charge on any atom is 0.255 e. The summed E-state index contributed by atoms with van der Waals surface area (Å²) < 4.78 is 12.7. The molecule has 2 aromatic rings. The summed E-state index contributed by atoms with van der Waals surface area (Å²) in [6.07, 6.45) is 0. The number of hydrogen-bond acceptors (Lipinski definition) is 2. The number of nitrogens with two attached hydrogens (primary N) is 1. The Morgan fingerprint density at radius 2 is 1.83 bits per heavy atom. The molecular formula is C14H13FN2O. The van der Waals surface area contributed by atoms with E-state index < -0.39 is 0 Å². The highest BCUT2D eigenvalue weighted by Crippen LogP contribution is 2.15. The Morgan fingerprint density at radius 3 is 2.44 bits per heavy atom. The van der Waals surface area contributed by atoms with Crippen molar-refractivity contribution in [2.24, 2.45) is 0 Å². The van der Waals surface area contributed by atoms with E-state index in [-0.39, 0.29) is 11.7 Å². The highest BCUT2D eigenvalue weighted by atomic mass is 19.1. The first-order valence-corrected chi connectivity index (χ1v) is 5.49. The van der Waals surface area contributed by atoms with E-state index in [1.165, 1.54) is 24.3 Å². The molecule has 0 aliphatic carbocycles. The Labute approximate surface area is 104 Å². The van der Waals surface area contributed by atoms with E-state index in [0.717, 1.165) is 5.56 Å². The topological polar surface area (TPSA) is 55.1 Å². The minimum atomic E-state index is -0.336. The second kappa shape index (κ2) is 4.87. The van der Waals surface area contributed by atoms with Crippen molar-refractivity contribution >= 4 is 17.3 Å². The van der Waals surface area contributed by atoms with Gasteiger partial charge in [0.2, 0.25) is 0 Å². The number of aryl methyl sites for hydroxylation is 1.